The van der Waals surface area contributed by atoms with E-state index >= 15 is 0 Å². The molecule has 0 aromatic heterocycles. The van der Waals surface area contributed by atoms with Gasteiger partial charge in [-0.1, -0.05) is 10.2 Å². The molecule has 9 heteroatoms. The molecule has 0 bridgehead atoms. The molecule has 0 aromatic carbocycles. The zero-order valence-corrected chi connectivity index (χ0v) is 8.05. The number of rotatable bonds is 4. The summed E-state index contributed by atoms with van der Waals surface area (Å²) in [6, 6.07) is 0. The van der Waals surface area contributed by atoms with E-state index in [4.69, 9.17) is 11.1 Å². The van der Waals surface area contributed by atoms with E-state index in [1.54, 1.807) is 0 Å². The van der Waals surface area contributed by atoms with Gasteiger partial charge in [0.2, 0.25) is 0 Å². The van der Waals surface area contributed by atoms with E-state index in [9.17, 15) is 8.42 Å². The summed E-state index contributed by atoms with van der Waals surface area (Å²) in [5.41, 5.74) is 15.6. The molecular weight excluding hydrogens is 208 g/mol. The Kier molecular flexibility index (Phi) is 2.85. The van der Waals surface area contributed by atoms with Gasteiger partial charge in [-0.25, -0.2) is 8.42 Å². The first-order chi connectivity index (χ1) is 6.54. The zero-order valence-electron chi connectivity index (χ0n) is 7.24. The second kappa shape index (κ2) is 3.75. The fourth-order valence-corrected chi connectivity index (χ4v) is 3.63. The molecule has 1 aliphatic rings. The predicted octanol–water partition coefficient (Wildman–Crippen LogP) is 1.02. The Morgan fingerprint density at radius 1 is 1.14 bits per heavy atom. The molecule has 1 rings (SSSR count). The molecule has 0 N–H and O–H groups in total. The molecule has 1 heterocycles. The number of hydrogen-bond acceptors (Lipinski definition) is 4. The normalized spacial score (nSPS) is 21.1. The molecule has 1 aliphatic heterocycles. The molecule has 0 amide bonds. The van der Waals surface area contributed by atoms with Crippen LogP contribution < -0.4 is 0 Å². The minimum Gasteiger partial charge on any atom is -0.229 e. The van der Waals surface area contributed by atoms with Crippen LogP contribution in [0, 0.1) is 5.41 Å². The van der Waals surface area contributed by atoms with E-state index in [-0.39, 0.29) is 24.6 Å². The minimum atomic E-state index is -3.02. The summed E-state index contributed by atoms with van der Waals surface area (Å²) in [5, 5.41) is 6.63. The van der Waals surface area contributed by atoms with Gasteiger partial charge in [0, 0.05) is 28.3 Å². The Hall–Kier alpha value is -1.43. The summed E-state index contributed by atoms with van der Waals surface area (Å²) >= 11 is 0. The van der Waals surface area contributed by atoms with Crippen LogP contribution in [0.15, 0.2) is 10.2 Å². The lowest BCUT2D eigenvalue weighted by atomic mass is 9.92. The highest BCUT2D eigenvalue weighted by Gasteiger charge is 2.47. The van der Waals surface area contributed by atoms with Gasteiger partial charge in [-0.15, -0.1) is 0 Å². The molecule has 76 valence electrons. The Morgan fingerprint density at radius 2 is 1.57 bits per heavy atom. The van der Waals surface area contributed by atoms with Crippen molar-refractivity contribution < 1.29 is 8.42 Å². The smallest absolute Gasteiger partial charge is 0.151 e. The first kappa shape index (κ1) is 10.6. The van der Waals surface area contributed by atoms with Gasteiger partial charge in [0.05, 0.1) is 11.5 Å². The van der Waals surface area contributed by atoms with Crippen molar-refractivity contribution in [2.24, 2.45) is 15.6 Å². The second-order valence-electron chi connectivity index (χ2n) is 3.31. The molecule has 1 fully saturated rings. The molecule has 0 spiro atoms. The van der Waals surface area contributed by atoms with Crippen molar-refractivity contribution in [1.29, 1.82) is 0 Å². The fourth-order valence-electron chi connectivity index (χ4n) is 1.49. The van der Waals surface area contributed by atoms with E-state index in [0.29, 0.717) is 0 Å². The topological polar surface area (TPSA) is 132 Å². The Bertz CT molecular complexity index is 382. The third-order valence-electron chi connectivity index (χ3n) is 1.99. The second-order valence-corrected chi connectivity index (χ2v) is 5.37. The van der Waals surface area contributed by atoms with E-state index in [1.165, 1.54) is 0 Å². The zero-order chi connectivity index (χ0) is 10.7. The van der Waals surface area contributed by atoms with Crippen LogP contribution in [0.1, 0.15) is 0 Å². The molecule has 8 nitrogen and oxygen atoms in total. The summed E-state index contributed by atoms with van der Waals surface area (Å²) < 4.78 is 21.9. The quantitative estimate of drug-likeness (QED) is 0.394. The Morgan fingerprint density at radius 3 is 1.86 bits per heavy atom. The van der Waals surface area contributed by atoms with Gasteiger partial charge in [0.1, 0.15) is 0 Å². The van der Waals surface area contributed by atoms with Crippen molar-refractivity contribution in [3.63, 3.8) is 0 Å². The Balaban J connectivity index is 2.73. The highest BCUT2D eigenvalue weighted by Crippen LogP contribution is 2.33. The summed E-state index contributed by atoms with van der Waals surface area (Å²) in [6.45, 7) is 0.115. The third-order valence-corrected chi connectivity index (χ3v) is 4.10. The van der Waals surface area contributed by atoms with Gasteiger partial charge < -0.3 is 0 Å². The average molecular weight is 216 g/mol. The van der Waals surface area contributed by atoms with Gasteiger partial charge in [-0.3, -0.25) is 0 Å². The molecule has 0 saturated carbocycles. The van der Waals surface area contributed by atoms with Crippen molar-refractivity contribution in [3.05, 3.63) is 20.9 Å². The van der Waals surface area contributed by atoms with Crippen LogP contribution in [0.2, 0.25) is 0 Å². The fraction of sp³-hybridized carbons (Fsp3) is 1.00. The molecule has 14 heavy (non-hydrogen) atoms. The summed E-state index contributed by atoms with van der Waals surface area (Å²) in [4.78, 5) is 5.11. The molecule has 0 unspecified atom stereocenters. The lowest BCUT2D eigenvalue weighted by Gasteiger charge is -2.38. The summed E-state index contributed by atoms with van der Waals surface area (Å²) in [6.07, 6.45) is 0. The summed E-state index contributed by atoms with van der Waals surface area (Å²) in [7, 11) is -3.02. The van der Waals surface area contributed by atoms with Crippen LogP contribution in [0.5, 0.6) is 0 Å². The van der Waals surface area contributed by atoms with Crippen LogP contribution in [-0.4, -0.2) is 33.0 Å². The maximum atomic E-state index is 11.0. The number of nitrogens with zero attached hydrogens (tertiary/aromatic N) is 6. The number of sulfone groups is 1. The number of hydrogen-bond donors (Lipinski definition) is 0. The predicted molar refractivity (Wildman–Crippen MR) is 49.1 cm³/mol. The van der Waals surface area contributed by atoms with Gasteiger partial charge in [-0.2, -0.15) is 0 Å². The molecule has 0 atom stereocenters. The van der Waals surface area contributed by atoms with Crippen molar-refractivity contribution in [2.75, 3.05) is 24.6 Å². The van der Waals surface area contributed by atoms with E-state index < -0.39 is 15.3 Å². The lowest BCUT2D eigenvalue weighted by Crippen LogP contribution is -2.52. The highest BCUT2D eigenvalue weighted by atomic mass is 32.2. The van der Waals surface area contributed by atoms with Crippen molar-refractivity contribution >= 4 is 9.84 Å². The molecule has 0 radical (unpaired) electrons. The van der Waals surface area contributed by atoms with Crippen LogP contribution in [0.3, 0.4) is 0 Å². The first-order valence-electron chi connectivity index (χ1n) is 3.76. The number of azide groups is 2. The van der Waals surface area contributed by atoms with Gasteiger partial charge in [0.25, 0.3) is 0 Å². The van der Waals surface area contributed by atoms with Crippen LogP contribution in [0.4, 0.5) is 0 Å². The molecule has 1 saturated heterocycles. The van der Waals surface area contributed by atoms with Crippen LogP contribution >= 0.6 is 0 Å². The lowest BCUT2D eigenvalue weighted by molar-refractivity contribution is 0.354. The Labute approximate surface area is 80.1 Å². The molecule has 0 aliphatic carbocycles. The maximum absolute atomic E-state index is 11.0. The first-order valence-corrected chi connectivity index (χ1v) is 5.58. The SMILES string of the molecule is [N-]=[N+]=NCC1(CN=[N+]=[N-])CS(=O)(=O)C1. The van der Waals surface area contributed by atoms with Crippen molar-refractivity contribution in [2.45, 2.75) is 0 Å². The van der Waals surface area contributed by atoms with Gasteiger partial charge in [-0.05, 0) is 11.1 Å². The third kappa shape index (κ3) is 2.29. The summed E-state index contributed by atoms with van der Waals surface area (Å²) in [5.74, 6) is -0.143. The molecular formula is C5H8N6O2S. The van der Waals surface area contributed by atoms with Gasteiger partial charge >= 0.3 is 0 Å². The minimum absolute atomic E-state index is 0.0573. The van der Waals surface area contributed by atoms with Crippen molar-refractivity contribution in [3.8, 4) is 0 Å². The largest absolute Gasteiger partial charge is 0.229 e. The van der Waals surface area contributed by atoms with Crippen LogP contribution in [-0.2, 0) is 9.84 Å². The van der Waals surface area contributed by atoms with Gasteiger partial charge in [0.15, 0.2) is 9.84 Å². The van der Waals surface area contributed by atoms with E-state index in [1.807, 2.05) is 0 Å². The average Bonchev–Trinajstić information content (AvgIpc) is 2.08. The molecule has 0 aromatic rings. The van der Waals surface area contributed by atoms with Crippen molar-refractivity contribution in [1.82, 2.24) is 0 Å². The standard InChI is InChI=1S/C5H8N6O2S/c6-10-8-1-5(2-9-11-7)3-14(12,13)4-5/h1-4H2. The highest BCUT2D eigenvalue weighted by molar-refractivity contribution is 7.92. The maximum Gasteiger partial charge on any atom is 0.151 e. The monoisotopic (exact) mass is 216 g/mol. The van der Waals surface area contributed by atoms with E-state index in [0.717, 1.165) is 0 Å². The van der Waals surface area contributed by atoms with E-state index in [2.05, 4.69) is 20.1 Å². The van der Waals surface area contributed by atoms with Crippen LogP contribution in [0.25, 0.3) is 20.9 Å².